The van der Waals surface area contributed by atoms with Gasteiger partial charge in [-0.1, -0.05) is 12.1 Å². The molecule has 7 heteroatoms. The van der Waals surface area contributed by atoms with Crippen LogP contribution in [0.25, 0.3) is 0 Å². The molecule has 0 aromatic heterocycles. The van der Waals surface area contributed by atoms with Crippen molar-refractivity contribution in [3.8, 4) is 0 Å². The van der Waals surface area contributed by atoms with E-state index in [9.17, 15) is 18.4 Å². The summed E-state index contributed by atoms with van der Waals surface area (Å²) in [5.74, 6) is -1.53. The van der Waals surface area contributed by atoms with Crippen molar-refractivity contribution in [3.63, 3.8) is 0 Å². The number of hydrogen-bond acceptors (Lipinski definition) is 3. The summed E-state index contributed by atoms with van der Waals surface area (Å²) in [6.07, 6.45) is 0.104. The van der Waals surface area contributed by atoms with Gasteiger partial charge in [0.05, 0.1) is 17.8 Å². The van der Waals surface area contributed by atoms with E-state index in [4.69, 9.17) is 5.73 Å². The van der Waals surface area contributed by atoms with Gasteiger partial charge in [0, 0.05) is 11.3 Å². The summed E-state index contributed by atoms with van der Waals surface area (Å²) in [7, 11) is 0. The van der Waals surface area contributed by atoms with Crippen molar-refractivity contribution >= 4 is 28.9 Å². The van der Waals surface area contributed by atoms with Gasteiger partial charge in [0.2, 0.25) is 5.91 Å². The topological polar surface area (TPSA) is 84.2 Å². The summed E-state index contributed by atoms with van der Waals surface area (Å²) in [6, 6.07) is 15.6. The zero-order chi connectivity index (χ0) is 20.1. The number of carbonyl (C=O) groups is 2. The number of nitrogens with two attached hydrogens (primary N) is 1. The second-order valence-electron chi connectivity index (χ2n) is 6.11. The molecule has 0 heterocycles. The number of nitrogen functional groups attached to an aromatic ring is 1. The van der Waals surface area contributed by atoms with Crippen molar-refractivity contribution in [2.24, 2.45) is 0 Å². The molecule has 0 bridgehead atoms. The molecule has 0 spiro atoms. The number of hydrogen-bond donors (Lipinski definition) is 3. The zero-order valence-corrected chi connectivity index (χ0v) is 14.7. The highest BCUT2D eigenvalue weighted by Crippen LogP contribution is 2.20. The van der Waals surface area contributed by atoms with Gasteiger partial charge in [-0.25, -0.2) is 8.78 Å². The van der Waals surface area contributed by atoms with Gasteiger partial charge in [-0.3, -0.25) is 9.59 Å². The highest BCUT2D eigenvalue weighted by molar-refractivity contribution is 6.06. The lowest BCUT2D eigenvalue weighted by Crippen LogP contribution is -2.15. The first-order valence-electron chi connectivity index (χ1n) is 8.41. The molecule has 28 heavy (non-hydrogen) atoms. The van der Waals surface area contributed by atoms with Crippen LogP contribution in [-0.2, 0) is 11.2 Å². The lowest BCUT2D eigenvalue weighted by atomic mass is 10.1. The van der Waals surface area contributed by atoms with E-state index in [0.29, 0.717) is 22.5 Å². The third kappa shape index (κ3) is 4.91. The van der Waals surface area contributed by atoms with Crippen LogP contribution in [0.2, 0.25) is 0 Å². The Morgan fingerprint density at radius 2 is 1.46 bits per heavy atom. The van der Waals surface area contributed by atoms with E-state index in [-0.39, 0.29) is 23.8 Å². The fraction of sp³-hybridized carbons (Fsp3) is 0.0476. The lowest BCUT2D eigenvalue weighted by Gasteiger charge is -2.09. The van der Waals surface area contributed by atoms with E-state index in [0.717, 1.165) is 6.07 Å². The second-order valence-corrected chi connectivity index (χ2v) is 6.11. The van der Waals surface area contributed by atoms with Crippen LogP contribution in [0.5, 0.6) is 0 Å². The highest BCUT2D eigenvalue weighted by atomic mass is 19.1. The Morgan fingerprint density at radius 1 is 0.821 bits per heavy atom. The van der Waals surface area contributed by atoms with Gasteiger partial charge >= 0.3 is 0 Å². The van der Waals surface area contributed by atoms with Crippen molar-refractivity contribution in [2.75, 3.05) is 16.4 Å². The fourth-order valence-electron chi connectivity index (χ4n) is 2.54. The molecule has 0 aliphatic carbocycles. The van der Waals surface area contributed by atoms with Crippen molar-refractivity contribution in [2.45, 2.75) is 6.42 Å². The van der Waals surface area contributed by atoms with E-state index in [2.05, 4.69) is 10.6 Å². The van der Waals surface area contributed by atoms with Crippen LogP contribution in [0.15, 0.2) is 66.7 Å². The van der Waals surface area contributed by atoms with Gasteiger partial charge in [-0.15, -0.1) is 0 Å². The molecule has 0 saturated heterocycles. The van der Waals surface area contributed by atoms with Crippen molar-refractivity contribution in [3.05, 3.63) is 89.5 Å². The average Bonchev–Trinajstić information content (AvgIpc) is 2.66. The lowest BCUT2D eigenvalue weighted by molar-refractivity contribution is -0.115. The van der Waals surface area contributed by atoms with Crippen molar-refractivity contribution in [1.29, 1.82) is 0 Å². The summed E-state index contributed by atoms with van der Waals surface area (Å²) >= 11 is 0. The standard InChI is InChI=1S/C21H17F2N3O2/c22-15-5-1-13(2-6-15)11-20(27)25-17-8-3-14(4-9-17)21(28)26-19-10-7-16(23)12-18(19)24/h1-10,12H,11,24H2,(H,25,27)(H,26,28). The Labute approximate surface area is 160 Å². The highest BCUT2D eigenvalue weighted by Gasteiger charge is 2.10. The summed E-state index contributed by atoms with van der Waals surface area (Å²) in [5, 5.41) is 5.31. The predicted molar refractivity (Wildman–Crippen MR) is 104 cm³/mol. The molecule has 0 fully saturated rings. The molecule has 0 aliphatic heterocycles. The molecule has 0 radical (unpaired) electrons. The minimum absolute atomic E-state index is 0.104. The molecule has 5 nitrogen and oxygen atoms in total. The summed E-state index contributed by atoms with van der Waals surface area (Å²) < 4.78 is 26.0. The molecule has 0 atom stereocenters. The van der Waals surface area contributed by atoms with E-state index < -0.39 is 11.7 Å². The van der Waals surface area contributed by atoms with Gasteiger partial charge in [0.25, 0.3) is 5.91 Å². The number of rotatable bonds is 5. The van der Waals surface area contributed by atoms with Crippen LogP contribution < -0.4 is 16.4 Å². The number of carbonyl (C=O) groups excluding carboxylic acids is 2. The largest absolute Gasteiger partial charge is 0.397 e. The molecule has 2 amide bonds. The Bertz CT molecular complexity index is 1000. The first-order valence-corrected chi connectivity index (χ1v) is 8.41. The molecule has 3 aromatic carbocycles. The van der Waals surface area contributed by atoms with Crippen LogP contribution in [0.4, 0.5) is 25.8 Å². The van der Waals surface area contributed by atoms with Crippen LogP contribution >= 0.6 is 0 Å². The Balaban J connectivity index is 1.60. The van der Waals surface area contributed by atoms with E-state index in [1.165, 1.54) is 24.3 Å². The molecular weight excluding hydrogens is 364 g/mol. The normalized spacial score (nSPS) is 10.4. The predicted octanol–water partition coefficient (Wildman–Crippen LogP) is 3.98. The van der Waals surface area contributed by atoms with E-state index in [1.54, 1.807) is 36.4 Å². The molecule has 4 N–H and O–H groups in total. The van der Waals surface area contributed by atoms with E-state index >= 15 is 0 Å². The van der Waals surface area contributed by atoms with Gasteiger partial charge in [0.1, 0.15) is 11.6 Å². The Morgan fingerprint density at radius 3 is 2.11 bits per heavy atom. The summed E-state index contributed by atoms with van der Waals surface area (Å²) in [6.45, 7) is 0. The minimum Gasteiger partial charge on any atom is -0.397 e. The van der Waals surface area contributed by atoms with Crippen LogP contribution in [0, 0.1) is 11.6 Å². The smallest absolute Gasteiger partial charge is 0.255 e. The van der Waals surface area contributed by atoms with Crippen molar-refractivity contribution in [1.82, 2.24) is 0 Å². The second kappa shape index (κ2) is 8.30. The number of nitrogens with one attached hydrogen (secondary N) is 2. The van der Waals surface area contributed by atoms with Gasteiger partial charge in [-0.05, 0) is 60.2 Å². The first-order chi connectivity index (χ1) is 13.4. The maximum absolute atomic E-state index is 13.1. The monoisotopic (exact) mass is 381 g/mol. The number of anilines is 3. The number of halogens is 2. The molecule has 3 rings (SSSR count). The summed E-state index contributed by atoms with van der Waals surface area (Å²) in [5.41, 5.74) is 7.66. The SMILES string of the molecule is Nc1cc(F)ccc1NC(=O)c1ccc(NC(=O)Cc2ccc(F)cc2)cc1. The summed E-state index contributed by atoms with van der Waals surface area (Å²) in [4.78, 5) is 24.3. The van der Waals surface area contributed by atoms with Crippen molar-refractivity contribution < 1.29 is 18.4 Å². The molecular formula is C21H17F2N3O2. The van der Waals surface area contributed by atoms with Gasteiger partial charge in [0.15, 0.2) is 0 Å². The zero-order valence-electron chi connectivity index (χ0n) is 14.7. The first kappa shape index (κ1) is 19.0. The van der Waals surface area contributed by atoms with E-state index in [1.807, 2.05) is 0 Å². The maximum Gasteiger partial charge on any atom is 0.255 e. The molecule has 0 saturated carbocycles. The molecule has 3 aromatic rings. The minimum atomic E-state index is -0.490. The third-order valence-electron chi connectivity index (χ3n) is 3.97. The third-order valence-corrected chi connectivity index (χ3v) is 3.97. The average molecular weight is 381 g/mol. The molecule has 142 valence electrons. The molecule has 0 unspecified atom stereocenters. The molecule has 0 aliphatic rings. The fourth-order valence-corrected chi connectivity index (χ4v) is 2.54. The number of benzene rings is 3. The van der Waals surface area contributed by atoms with Gasteiger partial charge in [-0.2, -0.15) is 0 Å². The number of amides is 2. The Kier molecular flexibility index (Phi) is 5.64. The quantitative estimate of drug-likeness (QED) is 0.585. The van der Waals surface area contributed by atoms with Crippen LogP contribution in [0.1, 0.15) is 15.9 Å². The van der Waals surface area contributed by atoms with Crippen LogP contribution in [-0.4, -0.2) is 11.8 Å². The maximum atomic E-state index is 13.1. The van der Waals surface area contributed by atoms with Crippen LogP contribution in [0.3, 0.4) is 0 Å². The Hall–Kier alpha value is -3.74. The van der Waals surface area contributed by atoms with Gasteiger partial charge < -0.3 is 16.4 Å².